The zero-order chi connectivity index (χ0) is 18.3. The number of rotatable bonds is 2. The highest BCUT2D eigenvalue weighted by molar-refractivity contribution is 9.10. The van der Waals surface area contributed by atoms with Crippen molar-refractivity contribution in [2.24, 2.45) is 0 Å². The molecule has 26 heavy (non-hydrogen) atoms. The molecule has 0 radical (unpaired) electrons. The van der Waals surface area contributed by atoms with Gasteiger partial charge in [0.2, 0.25) is 0 Å². The maximum Gasteiger partial charge on any atom is 0.276 e. The van der Waals surface area contributed by atoms with Crippen molar-refractivity contribution in [1.82, 2.24) is 24.7 Å². The van der Waals surface area contributed by atoms with E-state index in [2.05, 4.69) is 31.2 Å². The molecule has 2 aromatic heterocycles. The Morgan fingerprint density at radius 1 is 1.04 bits per heavy atom. The lowest BCUT2D eigenvalue weighted by Crippen LogP contribution is -2.37. The Bertz CT molecular complexity index is 974. The largest absolute Gasteiger partial charge is 0.337 e. The number of piperidine rings is 1. The van der Waals surface area contributed by atoms with Gasteiger partial charge in [-0.3, -0.25) is 4.79 Å². The van der Waals surface area contributed by atoms with Gasteiger partial charge in [-0.25, -0.2) is 4.52 Å². The number of hydrogen-bond acceptors (Lipinski definition) is 4. The monoisotopic (exact) mass is 413 g/mol. The summed E-state index contributed by atoms with van der Waals surface area (Å²) >= 11 is 3.46. The molecule has 0 spiro atoms. The molecule has 0 saturated carbocycles. The number of amides is 1. The van der Waals surface area contributed by atoms with Crippen molar-refractivity contribution in [1.29, 1.82) is 0 Å². The number of carbonyl (C=O) groups excluding carboxylic acids is 1. The minimum Gasteiger partial charge on any atom is -0.337 e. The van der Waals surface area contributed by atoms with E-state index in [1.807, 2.05) is 43.0 Å². The topological polar surface area (TPSA) is 63.4 Å². The summed E-state index contributed by atoms with van der Waals surface area (Å²) in [6, 6.07) is 8.04. The van der Waals surface area contributed by atoms with Gasteiger partial charge in [0, 0.05) is 17.6 Å². The van der Waals surface area contributed by atoms with Crippen molar-refractivity contribution < 1.29 is 4.79 Å². The van der Waals surface area contributed by atoms with Crippen LogP contribution in [0.4, 0.5) is 0 Å². The molecular weight excluding hydrogens is 394 g/mol. The van der Waals surface area contributed by atoms with Crippen molar-refractivity contribution in [3.05, 3.63) is 45.8 Å². The third-order valence-electron chi connectivity index (χ3n) is 4.92. The van der Waals surface area contributed by atoms with Crippen molar-refractivity contribution in [2.75, 3.05) is 13.1 Å². The van der Waals surface area contributed by atoms with Gasteiger partial charge >= 0.3 is 0 Å². The zero-order valence-corrected chi connectivity index (χ0v) is 16.5. The lowest BCUT2D eigenvalue weighted by Gasteiger charge is -2.26. The Kier molecular flexibility index (Phi) is 4.48. The molecule has 6 nitrogen and oxygen atoms in total. The van der Waals surface area contributed by atoms with Crippen LogP contribution in [0.2, 0.25) is 0 Å². The van der Waals surface area contributed by atoms with Crippen LogP contribution in [0.3, 0.4) is 0 Å². The average molecular weight is 414 g/mol. The SMILES string of the molecule is Cc1nn2c(C)c(C(=O)N3CCCCC3)nnc2c1-c1ccc(Br)cc1. The summed E-state index contributed by atoms with van der Waals surface area (Å²) in [5.74, 6) is -0.0463. The van der Waals surface area contributed by atoms with E-state index in [-0.39, 0.29) is 5.91 Å². The summed E-state index contributed by atoms with van der Waals surface area (Å²) in [5.41, 5.74) is 4.65. The second-order valence-electron chi connectivity index (χ2n) is 6.69. The molecule has 1 fully saturated rings. The number of nitrogens with zero attached hydrogens (tertiary/aromatic N) is 5. The van der Waals surface area contributed by atoms with Gasteiger partial charge in [0.15, 0.2) is 11.3 Å². The first kappa shape index (κ1) is 17.1. The van der Waals surface area contributed by atoms with Crippen LogP contribution in [0, 0.1) is 13.8 Å². The van der Waals surface area contributed by atoms with E-state index in [1.54, 1.807) is 4.52 Å². The van der Waals surface area contributed by atoms with Crippen LogP contribution < -0.4 is 0 Å². The minimum absolute atomic E-state index is 0.0463. The van der Waals surface area contributed by atoms with Crippen LogP contribution in [0.5, 0.6) is 0 Å². The van der Waals surface area contributed by atoms with Crippen LogP contribution in [0.15, 0.2) is 28.7 Å². The summed E-state index contributed by atoms with van der Waals surface area (Å²) in [6.45, 7) is 5.43. The Labute approximate surface area is 160 Å². The normalized spacial score (nSPS) is 14.8. The second kappa shape index (κ2) is 6.79. The number of aromatic nitrogens is 4. The average Bonchev–Trinajstić information content (AvgIpc) is 3.00. The number of likely N-dealkylation sites (tertiary alicyclic amines) is 1. The van der Waals surface area contributed by atoms with Gasteiger partial charge in [-0.05, 0) is 50.8 Å². The second-order valence-corrected chi connectivity index (χ2v) is 7.61. The van der Waals surface area contributed by atoms with Crippen molar-refractivity contribution in [3.63, 3.8) is 0 Å². The highest BCUT2D eigenvalue weighted by atomic mass is 79.9. The van der Waals surface area contributed by atoms with Gasteiger partial charge < -0.3 is 4.90 Å². The molecule has 1 amide bonds. The molecule has 0 aliphatic carbocycles. The predicted molar refractivity (Wildman–Crippen MR) is 103 cm³/mol. The Hall–Kier alpha value is -2.28. The Morgan fingerprint density at radius 2 is 1.73 bits per heavy atom. The minimum atomic E-state index is -0.0463. The van der Waals surface area contributed by atoms with Gasteiger partial charge in [0.25, 0.3) is 5.91 Å². The summed E-state index contributed by atoms with van der Waals surface area (Å²) in [5, 5.41) is 13.3. The van der Waals surface area contributed by atoms with Crippen LogP contribution >= 0.6 is 15.9 Å². The summed E-state index contributed by atoms with van der Waals surface area (Å²) in [6.07, 6.45) is 3.28. The van der Waals surface area contributed by atoms with Crippen LogP contribution in [-0.4, -0.2) is 43.7 Å². The van der Waals surface area contributed by atoms with E-state index in [4.69, 9.17) is 0 Å². The summed E-state index contributed by atoms with van der Waals surface area (Å²) in [7, 11) is 0. The van der Waals surface area contributed by atoms with E-state index in [0.717, 1.165) is 52.9 Å². The molecule has 0 unspecified atom stereocenters. The predicted octanol–water partition coefficient (Wildman–Crippen LogP) is 3.80. The van der Waals surface area contributed by atoms with Gasteiger partial charge in [-0.15, -0.1) is 10.2 Å². The fourth-order valence-corrected chi connectivity index (χ4v) is 3.77. The first-order valence-electron chi connectivity index (χ1n) is 8.84. The lowest BCUT2D eigenvalue weighted by atomic mass is 10.1. The van der Waals surface area contributed by atoms with E-state index >= 15 is 0 Å². The van der Waals surface area contributed by atoms with E-state index in [9.17, 15) is 4.79 Å². The maximum atomic E-state index is 12.8. The highest BCUT2D eigenvalue weighted by Crippen LogP contribution is 2.29. The first-order chi connectivity index (χ1) is 12.6. The molecule has 0 N–H and O–H groups in total. The third kappa shape index (κ3) is 2.90. The smallest absolute Gasteiger partial charge is 0.276 e. The number of carbonyl (C=O) groups is 1. The number of benzene rings is 1. The molecule has 0 atom stereocenters. The molecule has 4 rings (SSSR count). The number of fused-ring (bicyclic) bond motifs is 1. The number of halogens is 1. The molecule has 3 aromatic rings. The zero-order valence-electron chi connectivity index (χ0n) is 14.9. The van der Waals surface area contributed by atoms with Crippen LogP contribution in [-0.2, 0) is 0 Å². The molecule has 1 saturated heterocycles. The molecule has 3 heterocycles. The Balaban J connectivity index is 1.79. The quantitative estimate of drug-likeness (QED) is 0.640. The standard InChI is InChI=1S/C19H20BrN5O/c1-12-16(14-6-8-15(20)9-7-14)18-22-21-17(13(2)25(18)23-12)19(26)24-10-4-3-5-11-24/h6-9H,3-5,10-11H2,1-2H3. The molecule has 0 bridgehead atoms. The van der Waals surface area contributed by atoms with E-state index in [1.165, 1.54) is 6.42 Å². The molecule has 1 aromatic carbocycles. The van der Waals surface area contributed by atoms with Gasteiger partial charge in [0.1, 0.15) is 0 Å². The number of hydrogen-bond donors (Lipinski definition) is 0. The van der Waals surface area contributed by atoms with E-state index < -0.39 is 0 Å². The Morgan fingerprint density at radius 3 is 2.42 bits per heavy atom. The fourth-order valence-electron chi connectivity index (χ4n) is 3.51. The summed E-state index contributed by atoms with van der Waals surface area (Å²) < 4.78 is 2.77. The third-order valence-corrected chi connectivity index (χ3v) is 5.45. The van der Waals surface area contributed by atoms with Crippen molar-refractivity contribution in [2.45, 2.75) is 33.1 Å². The highest BCUT2D eigenvalue weighted by Gasteiger charge is 2.24. The molecular formula is C19H20BrN5O. The molecule has 134 valence electrons. The van der Waals surface area contributed by atoms with E-state index in [0.29, 0.717) is 11.3 Å². The lowest BCUT2D eigenvalue weighted by molar-refractivity contribution is 0.0715. The van der Waals surface area contributed by atoms with Crippen LogP contribution in [0.1, 0.15) is 41.1 Å². The first-order valence-corrected chi connectivity index (χ1v) is 9.63. The maximum absolute atomic E-state index is 12.8. The van der Waals surface area contributed by atoms with Gasteiger partial charge in [-0.2, -0.15) is 5.10 Å². The molecule has 7 heteroatoms. The van der Waals surface area contributed by atoms with Crippen molar-refractivity contribution >= 4 is 27.5 Å². The number of aryl methyl sites for hydroxylation is 2. The van der Waals surface area contributed by atoms with Crippen LogP contribution in [0.25, 0.3) is 16.8 Å². The van der Waals surface area contributed by atoms with Gasteiger partial charge in [-0.1, -0.05) is 28.1 Å². The van der Waals surface area contributed by atoms with Crippen molar-refractivity contribution in [3.8, 4) is 11.1 Å². The van der Waals surface area contributed by atoms with Gasteiger partial charge in [0.05, 0.1) is 17.0 Å². The summed E-state index contributed by atoms with van der Waals surface area (Å²) in [4.78, 5) is 14.7. The fraction of sp³-hybridized carbons (Fsp3) is 0.368. The molecule has 1 aliphatic heterocycles. The molecule has 1 aliphatic rings.